The number of aromatic hydroxyl groups is 2. The smallest absolute Gasteiger partial charge is 0.365 e. The summed E-state index contributed by atoms with van der Waals surface area (Å²) in [4.78, 5) is 57.3. The van der Waals surface area contributed by atoms with Gasteiger partial charge in [-0.1, -0.05) is 54.6 Å². The van der Waals surface area contributed by atoms with Crippen LogP contribution in [0, 0.1) is 0 Å². The maximum atomic E-state index is 13.3. The number of ether oxygens (including phenoxy) is 4. The van der Waals surface area contributed by atoms with Gasteiger partial charge < -0.3 is 34.0 Å². The third-order valence-corrected chi connectivity index (χ3v) is 6.41. The van der Waals surface area contributed by atoms with E-state index in [0.29, 0.717) is 4.73 Å². The molecule has 4 atom stereocenters. The molecule has 1 aromatic heterocycles. The zero-order valence-corrected chi connectivity index (χ0v) is 22.3. The van der Waals surface area contributed by atoms with E-state index in [1.165, 1.54) is 36.4 Å². The van der Waals surface area contributed by atoms with Crippen LogP contribution in [-0.4, -0.2) is 69.8 Å². The van der Waals surface area contributed by atoms with E-state index in [-0.39, 0.29) is 16.7 Å². The summed E-state index contributed by atoms with van der Waals surface area (Å²) in [6.07, 6.45) is -6.12. The average Bonchev–Trinajstić information content (AvgIpc) is 3.54. The molecule has 4 aromatic rings. The number of benzene rings is 3. The molecule has 12 nitrogen and oxygen atoms in total. The Morgan fingerprint density at radius 2 is 1.07 bits per heavy atom. The third-order valence-electron chi connectivity index (χ3n) is 6.41. The van der Waals surface area contributed by atoms with Gasteiger partial charge >= 0.3 is 23.9 Å². The zero-order valence-electron chi connectivity index (χ0n) is 22.3. The molecule has 1 saturated heterocycles. The number of carbonyl (C=O) groups is 4. The van der Waals surface area contributed by atoms with Gasteiger partial charge in [0.1, 0.15) is 12.7 Å². The van der Waals surface area contributed by atoms with E-state index in [1.54, 1.807) is 54.6 Å². The van der Waals surface area contributed by atoms with Crippen LogP contribution in [0.25, 0.3) is 0 Å². The summed E-state index contributed by atoms with van der Waals surface area (Å²) >= 11 is 0. The van der Waals surface area contributed by atoms with Gasteiger partial charge in [0.2, 0.25) is 11.8 Å². The van der Waals surface area contributed by atoms with Crippen LogP contribution in [0.15, 0.2) is 103 Å². The first-order valence-electron chi connectivity index (χ1n) is 13.0. The second-order valence-corrected chi connectivity index (χ2v) is 9.29. The summed E-state index contributed by atoms with van der Waals surface area (Å²) in [5.74, 6) is -4.86. The molecule has 1 aliphatic heterocycles. The fourth-order valence-corrected chi connectivity index (χ4v) is 4.31. The molecule has 2 N–H and O–H groups in total. The third kappa shape index (κ3) is 6.66. The van der Waals surface area contributed by atoms with Crippen LogP contribution in [0.2, 0.25) is 0 Å². The molecule has 12 heteroatoms. The van der Waals surface area contributed by atoms with Crippen LogP contribution in [0.3, 0.4) is 0 Å². The van der Waals surface area contributed by atoms with Crippen molar-refractivity contribution in [1.29, 1.82) is 0 Å². The standard InChI is InChI=1S/C31H25NO11/c33-23-16-17-24(34)32(23)43-31(38)27-26(42-30(37)21-14-8-3-9-15-21)25(41-29(36)20-12-6-2-7-13-20)22(40-27)18-39-28(35)19-10-4-1-5-11-19/h1-17,22,25-27,33-34H,18H2/t22-,25-,26-,27-/m1/s1. The quantitative estimate of drug-likeness (QED) is 0.219. The molecule has 0 bridgehead atoms. The van der Waals surface area contributed by atoms with Crippen LogP contribution in [0.4, 0.5) is 0 Å². The topological polar surface area (TPSA) is 160 Å². The Hall–Kier alpha value is -5.62. The lowest BCUT2D eigenvalue weighted by atomic mass is 10.1. The summed E-state index contributed by atoms with van der Waals surface area (Å²) in [5, 5.41) is 19.9. The minimum atomic E-state index is -1.75. The van der Waals surface area contributed by atoms with Crippen molar-refractivity contribution in [2.24, 2.45) is 0 Å². The van der Waals surface area contributed by atoms with Crippen LogP contribution >= 0.6 is 0 Å². The van der Waals surface area contributed by atoms with Gasteiger partial charge in [-0.15, -0.1) is 4.73 Å². The lowest BCUT2D eigenvalue weighted by Gasteiger charge is -2.24. The second kappa shape index (κ2) is 12.9. The Bertz CT molecular complexity index is 1570. The Kier molecular flexibility index (Phi) is 8.68. The highest BCUT2D eigenvalue weighted by molar-refractivity contribution is 5.91. The van der Waals surface area contributed by atoms with Gasteiger partial charge in [0.15, 0.2) is 18.3 Å². The van der Waals surface area contributed by atoms with Crippen LogP contribution < -0.4 is 4.84 Å². The zero-order chi connectivity index (χ0) is 30.3. The van der Waals surface area contributed by atoms with Gasteiger partial charge in [-0.2, -0.15) is 0 Å². The van der Waals surface area contributed by atoms with E-state index in [1.807, 2.05) is 0 Å². The molecule has 0 amide bonds. The number of carbonyl (C=O) groups excluding carboxylic acids is 4. The Labute approximate surface area is 244 Å². The predicted octanol–water partition coefficient (Wildman–Crippen LogP) is 2.93. The molecule has 0 radical (unpaired) electrons. The minimum absolute atomic E-state index is 0.127. The number of aromatic nitrogens is 1. The van der Waals surface area contributed by atoms with Gasteiger partial charge in [-0.3, -0.25) is 0 Å². The highest BCUT2D eigenvalue weighted by atomic mass is 16.7. The fraction of sp³-hybridized carbons (Fsp3) is 0.161. The first-order valence-corrected chi connectivity index (χ1v) is 13.0. The number of hydrogen-bond acceptors (Lipinski definition) is 11. The van der Waals surface area contributed by atoms with E-state index in [2.05, 4.69) is 0 Å². The molecule has 0 aliphatic carbocycles. The number of nitrogens with zero attached hydrogens (tertiary/aromatic N) is 1. The summed E-state index contributed by atoms with van der Waals surface area (Å²) in [6, 6.07) is 26.0. The SMILES string of the molecule is O=C(OC[C@H]1O[C@@H](C(=O)On2c(O)ccc2O)[C@H](OC(=O)c2ccccc2)[C@@H]1OC(=O)c1ccccc1)c1ccccc1. The van der Waals surface area contributed by atoms with Crippen molar-refractivity contribution in [3.05, 3.63) is 120 Å². The van der Waals surface area contributed by atoms with Gasteiger partial charge in [0.05, 0.1) is 16.7 Å². The molecule has 0 unspecified atom stereocenters. The number of rotatable bonds is 9. The molecular weight excluding hydrogens is 562 g/mol. The van der Waals surface area contributed by atoms with Crippen molar-refractivity contribution in [3.8, 4) is 11.8 Å². The van der Waals surface area contributed by atoms with Crippen molar-refractivity contribution >= 4 is 23.9 Å². The Morgan fingerprint density at radius 1 is 0.628 bits per heavy atom. The fourth-order valence-electron chi connectivity index (χ4n) is 4.31. The van der Waals surface area contributed by atoms with Crippen LogP contribution in [0.1, 0.15) is 31.1 Å². The molecule has 0 saturated carbocycles. The molecule has 43 heavy (non-hydrogen) atoms. The number of hydrogen-bond donors (Lipinski definition) is 2. The van der Waals surface area contributed by atoms with Crippen LogP contribution in [-0.2, 0) is 23.7 Å². The largest absolute Gasteiger partial charge is 0.492 e. The monoisotopic (exact) mass is 587 g/mol. The van der Waals surface area contributed by atoms with E-state index in [0.717, 1.165) is 12.1 Å². The summed E-state index contributed by atoms with van der Waals surface area (Å²) in [5.41, 5.74) is 0.520. The second-order valence-electron chi connectivity index (χ2n) is 9.29. The van der Waals surface area contributed by atoms with Gasteiger partial charge in [0, 0.05) is 12.1 Å². The number of esters is 3. The highest BCUT2D eigenvalue weighted by Crippen LogP contribution is 2.30. The lowest BCUT2D eigenvalue weighted by Crippen LogP contribution is -2.45. The molecule has 3 aromatic carbocycles. The van der Waals surface area contributed by atoms with Crippen molar-refractivity contribution in [2.45, 2.75) is 24.4 Å². The molecule has 5 rings (SSSR count). The summed E-state index contributed by atoms with van der Waals surface area (Å²) < 4.78 is 23.1. The van der Waals surface area contributed by atoms with Crippen LogP contribution in [0.5, 0.6) is 11.8 Å². The van der Waals surface area contributed by atoms with Crippen molar-refractivity contribution in [3.63, 3.8) is 0 Å². The molecular formula is C31H25NO11. The van der Waals surface area contributed by atoms with Crippen molar-refractivity contribution < 1.29 is 53.2 Å². The average molecular weight is 588 g/mol. The van der Waals surface area contributed by atoms with Gasteiger partial charge in [-0.25, -0.2) is 19.2 Å². The maximum absolute atomic E-state index is 13.3. The Balaban J connectivity index is 1.46. The highest BCUT2D eigenvalue weighted by Gasteiger charge is 2.54. The van der Waals surface area contributed by atoms with E-state index >= 15 is 0 Å². The van der Waals surface area contributed by atoms with Gasteiger partial charge in [0.25, 0.3) is 0 Å². The summed E-state index contributed by atoms with van der Waals surface area (Å²) in [7, 11) is 0. The first kappa shape index (κ1) is 28.9. The Morgan fingerprint density at radius 3 is 1.56 bits per heavy atom. The summed E-state index contributed by atoms with van der Waals surface area (Å²) in [6.45, 7) is -0.510. The molecule has 1 aliphatic rings. The normalized spacial score (nSPS) is 19.3. The predicted molar refractivity (Wildman–Crippen MR) is 146 cm³/mol. The lowest BCUT2D eigenvalue weighted by molar-refractivity contribution is -0.162. The molecule has 220 valence electrons. The van der Waals surface area contributed by atoms with Crippen molar-refractivity contribution in [1.82, 2.24) is 4.73 Å². The maximum Gasteiger partial charge on any atom is 0.365 e. The van der Waals surface area contributed by atoms with E-state index in [9.17, 15) is 29.4 Å². The minimum Gasteiger partial charge on any atom is -0.492 e. The van der Waals surface area contributed by atoms with E-state index in [4.69, 9.17) is 23.8 Å². The molecule has 0 spiro atoms. The molecule has 1 fully saturated rings. The van der Waals surface area contributed by atoms with E-state index < -0.39 is 66.7 Å². The first-order chi connectivity index (χ1) is 20.8. The molecule has 2 heterocycles. The van der Waals surface area contributed by atoms with Gasteiger partial charge in [-0.05, 0) is 36.4 Å². The van der Waals surface area contributed by atoms with Crippen molar-refractivity contribution in [2.75, 3.05) is 6.61 Å².